The summed E-state index contributed by atoms with van der Waals surface area (Å²) in [6.07, 6.45) is 1.52. The molecule has 0 saturated heterocycles. The maximum atomic E-state index is 11.3. The summed E-state index contributed by atoms with van der Waals surface area (Å²) in [5.74, 6) is 0. The third-order valence-electron chi connectivity index (χ3n) is 2.44. The lowest BCUT2D eigenvalue weighted by Crippen LogP contribution is -2.25. The number of hydrogen-bond acceptors (Lipinski definition) is 2. The van der Waals surface area contributed by atoms with E-state index >= 15 is 0 Å². The first-order valence-corrected chi connectivity index (χ1v) is 4.32. The fourth-order valence-electron chi connectivity index (χ4n) is 1.92. The molecule has 1 aliphatic rings. The van der Waals surface area contributed by atoms with Crippen molar-refractivity contribution in [1.29, 1.82) is 0 Å². The molecule has 2 N–H and O–H groups in total. The second-order valence-corrected chi connectivity index (χ2v) is 4.38. The zero-order chi connectivity index (χ0) is 9.64. The van der Waals surface area contributed by atoms with Crippen molar-refractivity contribution in [3.63, 3.8) is 0 Å². The first-order chi connectivity index (χ1) is 5.98. The quantitative estimate of drug-likeness (QED) is 0.598. The van der Waals surface area contributed by atoms with Crippen molar-refractivity contribution >= 4 is 0 Å². The fraction of sp³-hybridized carbons (Fsp3) is 0.556. The average Bonchev–Trinajstić information content (AvgIpc) is 2.23. The Bertz CT molecular complexity index is 453. The summed E-state index contributed by atoms with van der Waals surface area (Å²) < 4.78 is 0. The minimum Gasteiger partial charge on any atom is -0.311 e. The van der Waals surface area contributed by atoms with Gasteiger partial charge >= 0.3 is 5.69 Å². The zero-order valence-electron chi connectivity index (χ0n) is 7.73. The Morgan fingerprint density at radius 1 is 1.15 bits per heavy atom. The first kappa shape index (κ1) is 8.29. The molecule has 4 nitrogen and oxygen atoms in total. The maximum Gasteiger partial charge on any atom is 0.325 e. The van der Waals surface area contributed by atoms with E-state index in [-0.39, 0.29) is 11.0 Å². The normalized spacial score (nSPS) is 18.6. The van der Waals surface area contributed by atoms with Crippen LogP contribution in [0.4, 0.5) is 0 Å². The summed E-state index contributed by atoms with van der Waals surface area (Å²) in [4.78, 5) is 27.2. The Kier molecular flexibility index (Phi) is 1.49. The smallest absolute Gasteiger partial charge is 0.311 e. The minimum atomic E-state index is -0.401. The molecule has 0 amide bonds. The molecule has 2 rings (SSSR count). The van der Waals surface area contributed by atoms with E-state index in [1.165, 1.54) is 0 Å². The first-order valence-electron chi connectivity index (χ1n) is 4.32. The van der Waals surface area contributed by atoms with Gasteiger partial charge in [-0.25, -0.2) is 4.79 Å². The molecule has 0 atom stereocenters. The fourth-order valence-corrected chi connectivity index (χ4v) is 1.92. The van der Waals surface area contributed by atoms with Gasteiger partial charge in [0.25, 0.3) is 5.56 Å². The van der Waals surface area contributed by atoms with Crippen LogP contribution < -0.4 is 11.2 Å². The molecule has 4 heteroatoms. The molecule has 0 aliphatic heterocycles. The predicted molar refractivity (Wildman–Crippen MR) is 48.9 cm³/mol. The number of H-pyrrole nitrogens is 2. The zero-order valence-corrected chi connectivity index (χ0v) is 7.73. The molecule has 0 saturated carbocycles. The van der Waals surface area contributed by atoms with Crippen LogP contribution in [0, 0.1) is 5.41 Å². The van der Waals surface area contributed by atoms with Gasteiger partial charge in [-0.05, 0) is 18.3 Å². The SMILES string of the molecule is CC1(C)Cc2[nH]c(=O)[nH]c(=O)c2C1. The molecule has 1 aliphatic carbocycles. The molecule has 13 heavy (non-hydrogen) atoms. The molecule has 0 radical (unpaired) electrons. The van der Waals surface area contributed by atoms with Gasteiger partial charge in [-0.15, -0.1) is 0 Å². The van der Waals surface area contributed by atoms with Gasteiger partial charge in [-0.1, -0.05) is 13.8 Å². The highest BCUT2D eigenvalue weighted by Gasteiger charge is 2.30. The number of hydrogen-bond donors (Lipinski definition) is 2. The van der Waals surface area contributed by atoms with Crippen LogP contribution in [0.1, 0.15) is 25.1 Å². The van der Waals surface area contributed by atoms with E-state index in [1.807, 2.05) is 0 Å². The van der Waals surface area contributed by atoms with E-state index in [2.05, 4.69) is 23.8 Å². The molecule has 1 aromatic heterocycles. The lowest BCUT2D eigenvalue weighted by atomic mass is 9.91. The van der Waals surface area contributed by atoms with Crippen LogP contribution in [-0.4, -0.2) is 9.97 Å². The maximum absolute atomic E-state index is 11.3. The van der Waals surface area contributed by atoms with Gasteiger partial charge in [0, 0.05) is 11.3 Å². The monoisotopic (exact) mass is 180 g/mol. The molecule has 1 aromatic rings. The van der Waals surface area contributed by atoms with Crippen molar-refractivity contribution in [2.45, 2.75) is 26.7 Å². The van der Waals surface area contributed by atoms with Gasteiger partial charge in [-0.2, -0.15) is 0 Å². The Hall–Kier alpha value is -1.32. The van der Waals surface area contributed by atoms with E-state index in [1.54, 1.807) is 0 Å². The summed E-state index contributed by atoms with van der Waals surface area (Å²) in [5, 5.41) is 0. The summed E-state index contributed by atoms with van der Waals surface area (Å²) in [6.45, 7) is 4.18. The van der Waals surface area contributed by atoms with Crippen molar-refractivity contribution in [1.82, 2.24) is 9.97 Å². The summed E-state index contributed by atoms with van der Waals surface area (Å²) in [7, 11) is 0. The van der Waals surface area contributed by atoms with E-state index in [4.69, 9.17) is 0 Å². The Morgan fingerprint density at radius 3 is 2.54 bits per heavy atom. The van der Waals surface area contributed by atoms with E-state index < -0.39 is 5.69 Å². The number of fused-ring (bicyclic) bond motifs is 1. The number of rotatable bonds is 0. The molecule has 0 aromatic carbocycles. The van der Waals surface area contributed by atoms with Crippen LogP contribution in [0.25, 0.3) is 0 Å². The van der Waals surface area contributed by atoms with Crippen LogP contribution >= 0.6 is 0 Å². The molecule has 0 unspecified atom stereocenters. The highest BCUT2D eigenvalue weighted by molar-refractivity contribution is 5.24. The molecule has 70 valence electrons. The lowest BCUT2D eigenvalue weighted by Gasteiger charge is -2.14. The number of aromatic nitrogens is 2. The molecular weight excluding hydrogens is 168 g/mol. The Morgan fingerprint density at radius 2 is 1.85 bits per heavy atom. The van der Waals surface area contributed by atoms with Crippen molar-refractivity contribution in [2.75, 3.05) is 0 Å². The van der Waals surface area contributed by atoms with Gasteiger partial charge in [0.15, 0.2) is 0 Å². The second-order valence-electron chi connectivity index (χ2n) is 4.38. The molecular formula is C9H12N2O2. The number of aromatic amines is 2. The van der Waals surface area contributed by atoms with Gasteiger partial charge in [0.05, 0.1) is 0 Å². The van der Waals surface area contributed by atoms with Crippen LogP contribution in [0.15, 0.2) is 9.59 Å². The largest absolute Gasteiger partial charge is 0.325 e. The summed E-state index contributed by atoms with van der Waals surface area (Å²) in [5.41, 5.74) is 1.01. The Balaban J connectivity index is 2.65. The van der Waals surface area contributed by atoms with Gasteiger partial charge in [0.1, 0.15) is 0 Å². The molecule has 0 fully saturated rings. The van der Waals surface area contributed by atoms with Crippen LogP contribution in [0.5, 0.6) is 0 Å². The highest BCUT2D eigenvalue weighted by Crippen LogP contribution is 2.32. The van der Waals surface area contributed by atoms with Gasteiger partial charge < -0.3 is 4.98 Å². The summed E-state index contributed by atoms with van der Waals surface area (Å²) >= 11 is 0. The van der Waals surface area contributed by atoms with Gasteiger partial charge in [0.2, 0.25) is 0 Å². The molecule has 0 spiro atoms. The topological polar surface area (TPSA) is 65.7 Å². The predicted octanol–water partition coefficient (Wildman–Crippen LogP) is 0.188. The lowest BCUT2D eigenvalue weighted by molar-refractivity contribution is 0.390. The van der Waals surface area contributed by atoms with Crippen molar-refractivity contribution < 1.29 is 0 Å². The third-order valence-corrected chi connectivity index (χ3v) is 2.44. The molecule has 0 bridgehead atoms. The third kappa shape index (κ3) is 1.32. The van der Waals surface area contributed by atoms with Crippen molar-refractivity contribution in [3.05, 3.63) is 32.1 Å². The molecule has 1 heterocycles. The highest BCUT2D eigenvalue weighted by atomic mass is 16.2. The van der Waals surface area contributed by atoms with E-state index in [0.717, 1.165) is 24.1 Å². The van der Waals surface area contributed by atoms with Crippen LogP contribution in [-0.2, 0) is 12.8 Å². The second kappa shape index (κ2) is 2.34. The summed E-state index contributed by atoms with van der Waals surface area (Å²) in [6, 6.07) is 0. The Labute approximate surface area is 75.0 Å². The van der Waals surface area contributed by atoms with E-state index in [0.29, 0.717) is 0 Å². The van der Waals surface area contributed by atoms with Crippen LogP contribution in [0.3, 0.4) is 0 Å². The standard InChI is InChI=1S/C9H12N2O2/c1-9(2)3-5-6(4-9)10-8(13)11-7(5)12/h3-4H2,1-2H3,(H2,10,11,12,13). The number of nitrogens with one attached hydrogen (secondary N) is 2. The van der Waals surface area contributed by atoms with E-state index in [9.17, 15) is 9.59 Å². The minimum absolute atomic E-state index is 0.0969. The van der Waals surface area contributed by atoms with Crippen molar-refractivity contribution in [2.24, 2.45) is 5.41 Å². The van der Waals surface area contributed by atoms with Gasteiger partial charge in [-0.3, -0.25) is 9.78 Å². The van der Waals surface area contributed by atoms with Crippen LogP contribution in [0.2, 0.25) is 0 Å². The van der Waals surface area contributed by atoms with Crippen molar-refractivity contribution in [3.8, 4) is 0 Å². The average molecular weight is 180 g/mol.